The molecular formula is C17H18BrNO2. The number of fused-ring (bicyclic) bond motifs is 1. The van der Waals surface area contributed by atoms with E-state index in [0.29, 0.717) is 13.2 Å². The van der Waals surface area contributed by atoms with Crippen molar-refractivity contribution in [3.63, 3.8) is 0 Å². The third-order valence-electron chi connectivity index (χ3n) is 3.46. The summed E-state index contributed by atoms with van der Waals surface area (Å²) in [6.45, 7) is 4.98. The lowest BCUT2D eigenvalue weighted by molar-refractivity contribution is 0.171. The lowest BCUT2D eigenvalue weighted by Gasteiger charge is -2.19. The van der Waals surface area contributed by atoms with Crippen molar-refractivity contribution >= 4 is 15.9 Å². The smallest absolute Gasteiger partial charge is 0.161 e. The Hall–Kier alpha value is -1.52. The predicted octanol–water partition coefficient (Wildman–Crippen LogP) is 3.82. The number of hydrogen-bond acceptors (Lipinski definition) is 3. The molecule has 1 aliphatic heterocycles. The van der Waals surface area contributed by atoms with Gasteiger partial charge in [-0.15, -0.1) is 0 Å². The third-order valence-corrected chi connectivity index (χ3v) is 4.20. The Morgan fingerprint density at radius 3 is 2.62 bits per heavy atom. The van der Waals surface area contributed by atoms with Crippen LogP contribution in [-0.2, 0) is 13.1 Å². The van der Waals surface area contributed by atoms with Gasteiger partial charge in [0.2, 0.25) is 0 Å². The molecule has 0 spiro atoms. The van der Waals surface area contributed by atoms with Crippen molar-refractivity contribution in [2.24, 2.45) is 0 Å². The van der Waals surface area contributed by atoms with E-state index in [1.807, 2.05) is 12.1 Å². The minimum absolute atomic E-state index is 0.625. The molecule has 0 amide bonds. The van der Waals surface area contributed by atoms with Gasteiger partial charge in [-0.25, -0.2) is 0 Å². The van der Waals surface area contributed by atoms with E-state index in [2.05, 4.69) is 52.4 Å². The fourth-order valence-corrected chi connectivity index (χ4v) is 2.97. The molecule has 1 N–H and O–H groups in total. The summed E-state index contributed by atoms with van der Waals surface area (Å²) < 4.78 is 12.3. The molecule has 3 nitrogen and oxygen atoms in total. The van der Waals surface area contributed by atoms with E-state index in [1.165, 1.54) is 16.7 Å². The summed E-state index contributed by atoms with van der Waals surface area (Å²) in [4.78, 5) is 0. The molecule has 0 aliphatic carbocycles. The highest BCUT2D eigenvalue weighted by atomic mass is 79.9. The maximum absolute atomic E-state index is 5.60. The van der Waals surface area contributed by atoms with Crippen LogP contribution in [0.25, 0.3) is 0 Å². The summed E-state index contributed by atoms with van der Waals surface area (Å²) >= 11 is 3.61. The molecule has 0 unspecified atom stereocenters. The molecule has 0 fully saturated rings. The molecule has 0 saturated carbocycles. The van der Waals surface area contributed by atoms with Gasteiger partial charge in [-0.05, 0) is 41.8 Å². The Bertz CT molecular complexity index is 643. The van der Waals surface area contributed by atoms with E-state index in [1.54, 1.807) is 0 Å². The molecule has 4 heteroatoms. The molecular weight excluding hydrogens is 330 g/mol. The molecule has 0 atom stereocenters. The van der Waals surface area contributed by atoms with E-state index in [0.717, 1.165) is 29.1 Å². The van der Waals surface area contributed by atoms with E-state index in [-0.39, 0.29) is 0 Å². The number of halogens is 1. The average molecular weight is 348 g/mol. The van der Waals surface area contributed by atoms with Crippen molar-refractivity contribution in [2.45, 2.75) is 20.0 Å². The van der Waals surface area contributed by atoms with Gasteiger partial charge >= 0.3 is 0 Å². The van der Waals surface area contributed by atoms with Crippen LogP contribution in [0.15, 0.2) is 40.9 Å². The van der Waals surface area contributed by atoms with Gasteiger partial charge in [-0.1, -0.05) is 34.1 Å². The monoisotopic (exact) mass is 347 g/mol. The Kier molecular flexibility index (Phi) is 4.46. The summed E-state index contributed by atoms with van der Waals surface area (Å²) in [5.41, 5.74) is 3.72. The van der Waals surface area contributed by atoms with Crippen LogP contribution in [0.4, 0.5) is 0 Å². The van der Waals surface area contributed by atoms with Crippen molar-refractivity contribution in [3.8, 4) is 11.5 Å². The zero-order valence-electron chi connectivity index (χ0n) is 12.0. The molecule has 0 saturated heterocycles. The van der Waals surface area contributed by atoms with Crippen LogP contribution in [0, 0.1) is 6.92 Å². The second-order valence-electron chi connectivity index (χ2n) is 5.18. The topological polar surface area (TPSA) is 30.5 Å². The second kappa shape index (κ2) is 6.50. The molecule has 2 aromatic carbocycles. The molecule has 1 heterocycles. The molecule has 1 aliphatic rings. The molecule has 110 valence electrons. The number of ether oxygens (including phenoxy) is 2. The van der Waals surface area contributed by atoms with E-state index in [9.17, 15) is 0 Å². The first kappa shape index (κ1) is 14.4. The van der Waals surface area contributed by atoms with E-state index in [4.69, 9.17) is 9.47 Å². The van der Waals surface area contributed by atoms with Crippen molar-refractivity contribution < 1.29 is 9.47 Å². The predicted molar refractivity (Wildman–Crippen MR) is 86.9 cm³/mol. The van der Waals surface area contributed by atoms with Crippen LogP contribution in [0.1, 0.15) is 16.7 Å². The zero-order chi connectivity index (χ0) is 14.7. The molecule has 0 radical (unpaired) electrons. The van der Waals surface area contributed by atoms with Crippen LogP contribution < -0.4 is 14.8 Å². The molecule has 0 aromatic heterocycles. The Labute approximate surface area is 133 Å². The summed E-state index contributed by atoms with van der Waals surface area (Å²) in [5, 5.41) is 3.46. The normalized spacial score (nSPS) is 13.2. The number of benzene rings is 2. The number of hydrogen-bond donors (Lipinski definition) is 1. The Morgan fingerprint density at radius 2 is 1.81 bits per heavy atom. The van der Waals surface area contributed by atoms with Gasteiger partial charge < -0.3 is 14.8 Å². The second-order valence-corrected chi connectivity index (χ2v) is 6.03. The summed E-state index contributed by atoms with van der Waals surface area (Å²) in [6.07, 6.45) is 0. The van der Waals surface area contributed by atoms with Gasteiger partial charge in [0.25, 0.3) is 0 Å². The molecule has 21 heavy (non-hydrogen) atoms. The zero-order valence-corrected chi connectivity index (χ0v) is 13.6. The van der Waals surface area contributed by atoms with Gasteiger partial charge in [0.1, 0.15) is 13.2 Å². The van der Waals surface area contributed by atoms with Crippen LogP contribution in [-0.4, -0.2) is 13.2 Å². The Morgan fingerprint density at radius 1 is 1.00 bits per heavy atom. The summed E-state index contributed by atoms with van der Waals surface area (Å²) in [7, 11) is 0. The standard InChI is InChI=1S/C17H18BrNO2/c1-12-2-4-14(15(18)8-12)11-19-10-13-3-5-16-17(9-13)21-7-6-20-16/h2-5,8-9,19H,6-7,10-11H2,1H3. The highest BCUT2D eigenvalue weighted by molar-refractivity contribution is 9.10. The lowest BCUT2D eigenvalue weighted by atomic mass is 10.1. The third kappa shape index (κ3) is 3.57. The maximum Gasteiger partial charge on any atom is 0.161 e. The molecule has 2 aromatic rings. The van der Waals surface area contributed by atoms with Gasteiger partial charge in [-0.2, -0.15) is 0 Å². The van der Waals surface area contributed by atoms with Gasteiger partial charge in [-0.3, -0.25) is 0 Å². The number of nitrogens with one attached hydrogen (secondary N) is 1. The van der Waals surface area contributed by atoms with Crippen LogP contribution >= 0.6 is 15.9 Å². The van der Waals surface area contributed by atoms with Crippen LogP contribution in [0.2, 0.25) is 0 Å². The first-order chi connectivity index (χ1) is 10.2. The van der Waals surface area contributed by atoms with Gasteiger partial charge in [0.05, 0.1) is 0 Å². The van der Waals surface area contributed by atoms with Crippen molar-refractivity contribution in [2.75, 3.05) is 13.2 Å². The fraction of sp³-hybridized carbons (Fsp3) is 0.294. The average Bonchev–Trinajstić information content (AvgIpc) is 2.49. The largest absolute Gasteiger partial charge is 0.486 e. The fourth-order valence-electron chi connectivity index (χ4n) is 2.33. The molecule has 0 bridgehead atoms. The highest BCUT2D eigenvalue weighted by Crippen LogP contribution is 2.30. The maximum atomic E-state index is 5.60. The lowest BCUT2D eigenvalue weighted by Crippen LogP contribution is -2.16. The summed E-state index contributed by atoms with van der Waals surface area (Å²) in [5.74, 6) is 1.68. The van der Waals surface area contributed by atoms with Gasteiger partial charge in [0, 0.05) is 17.6 Å². The Balaban J connectivity index is 1.60. The first-order valence-corrected chi connectivity index (χ1v) is 7.86. The summed E-state index contributed by atoms with van der Waals surface area (Å²) in [6, 6.07) is 12.5. The van der Waals surface area contributed by atoms with Gasteiger partial charge in [0.15, 0.2) is 11.5 Å². The van der Waals surface area contributed by atoms with E-state index < -0.39 is 0 Å². The van der Waals surface area contributed by atoms with Crippen LogP contribution in [0.5, 0.6) is 11.5 Å². The van der Waals surface area contributed by atoms with Crippen LogP contribution in [0.3, 0.4) is 0 Å². The SMILES string of the molecule is Cc1ccc(CNCc2ccc3c(c2)OCCO3)c(Br)c1. The van der Waals surface area contributed by atoms with Crippen molar-refractivity contribution in [3.05, 3.63) is 57.6 Å². The molecule has 3 rings (SSSR count). The minimum Gasteiger partial charge on any atom is -0.486 e. The van der Waals surface area contributed by atoms with Crippen molar-refractivity contribution in [1.29, 1.82) is 0 Å². The van der Waals surface area contributed by atoms with Crippen molar-refractivity contribution in [1.82, 2.24) is 5.32 Å². The van der Waals surface area contributed by atoms with E-state index >= 15 is 0 Å². The number of aryl methyl sites for hydroxylation is 1. The first-order valence-electron chi connectivity index (χ1n) is 7.06. The number of rotatable bonds is 4. The minimum atomic E-state index is 0.625. The quantitative estimate of drug-likeness (QED) is 0.911. The highest BCUT2D eigenvalue weighted by Gasteiger charge is 2.11.